The third kappa shape index (κ3) is 3.07. The second-order valence-corrected chi connectivity index (χ2v) is 3.94. The minimum Gasteiger partial charge on any atom is -0.487 e. The SMILES string of the molecule is O=[N+]([O-])c1cccc(COc2ccc(CO)nc2)c1F. The fourth-order valence-corrected chi connectivity index (χ4v) is 1.57. The zero-order valence-corrected chi connectivity index (χ0v) is 10.3. The molecule has 2 rings (SSSR count). The minimum absolute atomic E-state index is 0.0884. The third-order valence-corrected chi connectivity index (χ3v) is 2.61. The van der Waals surface area contributed by atoms with Crippen molar-refractivity contribution in [1.29, 1.82) is 0 Å². The Morgan fingerprint density at radius 2 is 2.15 bits per heavy atom. The van der Waals surface area contributed by atoms with Crippen molar-refractivity contribution in [1.82, 2.24) is 4.98 Å². The normalized spacial score (nSPS) is 10.3. The van der Waals surface area contributed by atoms with Crippen LogP contribution in [0.2, 0.25) is 0 Å². The number of nitro benzene ring substituents is 1. The largest absolute Gasteiger partial charge is 0.487 e. The Labute approximate surface area is 113 Å². The predicted molar refractivity (Wildman–Crippen MR) is 67.5 cm³/mol. The Morgan fingerprint density at radius 1 is 1.35 bits per heavy atom. The molecule has 1 heterocycles. The average molecular weight is 278 g/mol. The van der Waals surface area contributed by atoms with Crippen LogP contribution in [-0.4, -0.2) is 15.0 Å². The summed E-state index contributed by atoms with van der Waals surface area (Å²) >= 11 is 0. The van der Waals surface area contributed by atoms with E-state index in [1.807, 2.05) is 0 Å². The highest BCUT2D eigenvalue weighted by atomic mass is 19.1. The maximum atomic E-state index is 13.8. The van der Waals surface area contributed by atoms with Crippen LogP contribution in [0.1, 0.15) is 11.3 Å². The molecule has 0 aliphatic heterocycles. The van der Waals surface area contributed by atoms with Crippen molar-refractivity contribution >= 4 is 5.69 Å². The van der Waals surface area contributed by atoms with E-state index < -0.39 is 16.4 Å². The highest BCUT2D eigenvalue weighted by Crippen LogP contribution is 2.21. The number of rotatable bonds is 5. The zero-order chi connectivity index (χ0) is 14.5. The number of nitrogens with zero attached hydrogens (tertiary/aromatic N) is 2. The van der Waals surface area contributed by atoms with E-state index in [9.17, 15) is 14.5 Å². The molecule has 1 aromatic carbocycles. The van der Waals surface area contributed by atoms with Gasteiger partial charge >= 0.3 is 5.69 Å². The Kier molecular flexibility index (Phi) is 4.21. The maximum absolute atomic E-state index is 13.8. The molecule has 104 valence electrons. The van der Waals surface area contributed by atoms with Gasteiger partial charge in [0.05, 0.1) is 23.4 Å². The van der Waals surface area contributed by atoms with Crippen LogP contribution in [0.5, 0.6) is 5.75 Å². The summed E-state index contributed by atoms with van der Waals surface area (Å²) in [6.45, 7) is -0.326. The van der Waals surface area contributed by atoms with Crippen LogP contribution in [-0.2, 0) is 13.2 Å². The quantitative estimate of drug-likeness (QED) is 0.669. The monoisotopic (exact) mass is 278 g/mol. The van der Waals surface area contributed by atoms with Crippen LogP contribution in [0.4, 0.5) is 10.1 Å². The summed E-state index contributed by atoms with van der Waals surface area (Å²) in [7, 11) is 0. The number of halogens is 1. The molecule has 1 N–H and O–H groups in total. The van der Waals surface area contributed by atoms with Gasteiger partial charge in [-0.15, -0.1) is 0 Å². The summed E-state index contributed by atoms with van der Waals surface area (Å²) in [5.41, 5.74) is -0.0100. The topological polar surface area (TPSA) is 85.5 Å². The lowest BCUT2D eigenvalue weighted by atomic mass is 10.2. The van der Waals surface area contributed by atoms with Gasteiger partial charge in [-0.2, -0.15) is 4.39 Å². The fraction of sp³-hybridized carbons (Fsp3) is 0.154. The van der Waals surface area contributed by atoms with Gasteiger partial charge < -0.3 is 9.84 Å². The summed E-state index contributed by atoms with van der Waals surface area (Å²) in [6.07, 6.45) is 1.39. The van der Waals surface area contributed by atoms with E-state index in [4.69, 9.17) is 9.84 Å². The van der Waals surface area contributed by atoms with Crippen LogP contribution in [0.25, 0.3) is 0 Å². The molecule has 0 aliphatic rings. The molecule has 6 nitrogen and oxygen atoms in total. The molecule has 1 aromatic heterocycles. The number of aromatic nitrogens is 1. The zero-order valence-electron chi connectivity index (χ0n) is 10.3. The molecule has 0 radical (unpaired) electrons. The van der Waals surface area contributed by atoms with E-state index in [0.29, 0.717) is 11.4 Å². The number of pyridine rings is 1. The molecular weight excluding hydrogens is 267 g/mol. The van der Waals surface area contributed by atoms with Gasteiger partial charge in [-0.05, 0) is 12.1 Å². The average Bonchev–Trinajstić information content (AvgIpc) is 2.46. The smallest absolute Gasteiger partial charge is 0.305 e. The Hall–Kier alpha value is -2.54. The molecule has 0 atom stereocenters. The minimum atomic E-state index is -0.905. The molecule has 7 heteroatoms. The van der Waals surface area contributed by atoms with Crippen molar-refractivity contribution in [2.24, 2.45) is 0 Å². The first kappa shape index (κ1) is 13.9. The molecule has 0 unspecified atom stereocenters. The van der Waals surface area contributed by atoms with Crippen molar-refractivity contribution in [3.05, 3.63) is 63.7 Å². The van der Waals surface area contributed by atoms with Crippen LogP contribution < -0.4 is 4.74 Å². The van der Waals surface area contributed by atoms with Gasteiger partial charge in [-0.1, -0.05) is 12.1 Å². The lowest BCUT2D eigenvalue weighted by Crippen LogP contribution is -2.02. The molecule has 0 saturated carbocycles. The molecular formula is C13H11FN2O4. The summed E-state index contributed by atoms with van der Waals surface area (Å²) in [4.78, 5) is 13.7. The maximum Gasteiger partial charge on any atom is 0.305 e. The van der Waals surface area contributed by atoms with Crippen molar-refractivity contribution in [2.75, 3.05) is 0 Å². The number of ether oxygens (including phenoxy) is 1. The predicted octanol–water partition coefficient (Wildman–Crippen LogP) is 2.20. The van der Waals surface area contributed by atoms with Gasteiger partial charge in [-0.25, -0.2) is 0 Å². The van der Waals surface area contributed by atoms with Gasteiger partial charge in [0.15, 0.2) is 0 Å². The molecule has 0 saturated heterocycles. The lowest BCUT2D eigenvalue weighted by Gasteiger charge is -2.07. The third-order valence-electron chi connectivity index (χ3n) is 2.61. The van der Waals surface area contributed by atoms with Gasteiger partial charge in [-0.3, -0.25) is 15.1 Å². The van der Waals surface area contributed by atoms with Gasteiger partial charge in [0.2, 0.25) is 5.82 Å². The van der Waals surface area contributed by atoms with E-state index in [2.05, 4.69) is 4.98 Å². The van der Waals surface area contributed by atoms with Crippen molar-refractivity contribution in [2.45, 2.75) is 13.2 Å². The van der Waals surface area contributed by atoms with Crippen molar-refractivity contribution in [3.8, 4) is 5.75 Å². The molecule has 0 amide bonds. The van der Waals surface area contributed by atoms with Gasteiger partial charge in [0, 0.05) is 11.6 Å². The molecule has 2 aromatic rings. The summed E-state index contributed by atoms with van der Waals surface area (Å²) in [6, 6.07) is 7.05. The standard InChI is InChI=1S/C13H11FN2O4/c14-13-9(2-1-3-12(13)16(18)19)8-20-11-5-4-10(7-17)15-6-11/h1-6,17H,7-8H2. The highest BCUT2D eigenvalue weighted by molar-refractivity contribution is 5.36. The number of aliphatic hydroxyl groups excluding tert-OH is 1. The van der Waals surface area contributed by atoms with Crippen LogP contribution in [0.3, 0.4) is 0 Å². The number of hydrogen-bond acceptors (Lipinski definition) is 5. The molecule has 20 heavy (non-hydrogen) atoms. The lowest BCUT2D eigenvalue weighted by molar-refractivity contribution is -0.387. The van der Waals surface area contributed by atoms with E-state index in [0.717, 1.165) is 6.07 Å². The molecule has 0 aliphatic carbocycles. The van der Waals surface area contributed by atoms with E-state index in [-0.39, 0.29) is 18.8 Å². The molecule has 0 bridgehead atoms. The summed E-state index contributed by atoms with van der Waals surface area (Å²) < 4.78 is 19.1. The Morgan fingerprint density at radius 3 is 2.75 bits per heavy atom. The Bertz CT molecular complexity index is 616. The second kappa shape index (κ2) is 6.07. The number of aliphatic hydroxyl groups is 1. The van der Waals surface area contributed by atoms with Crippen LogP contribution in [0, 0.1) is 15.9 Å². The van der Waals surface area contributed by atoms with Gasteiger partial charge in [0.25, 0.3) is 0 Å². The van der Waals surface area contributed by atoms with E-state index in [1.165, 1.54) is 18.3 Å². The number of benzene rings is 1. The van der Waals surface area contributed by atoms with Crippen molar-refractivity contribution in [3.63, 3.8) is 0 Å². The molecule has 0 spiro atoms. The van der Waals surface area contributed by atoms with Gasteiger partial charge in [0.1, 0.15) is 12.4 Å². The first-order chi connectivity index (χ1) is 9.61. The first-order valence-corrected chi connectivity index (χ1v) is 5.72. The highest BCUT2D eigenvalue weighted by Gasteiger charge is 2.17. The van der Waals surface area contributed by atoms with E-state index in [1.54, 1.807) is 12.1 Å². The molecule has 0 fully saturated rings. The number of hydrogen-bond donors (Lipinski definition) is 1. The summed E-state index contributed by atoms with van der Waals surface area (Å²) in [5.74, 6) is -0.523. The van der Waals surface area contributed by atoms with Crippen LogP contribution >= 0.6 is 0 Å². The van der Waals surface area contributed by atoms with E-state index >= 15 is 0 Å². The van der Waals surface area contributed by atoms with Crippen molar-refractivity contribution < 1.29 is 19.2 Å². The second-order valence-electron chi connectivity index (χ2n) is 3.94. The Balaban J connectivity index is 2.10. The van der Waals surface area contributed by atoms with Crippen LogP contribution in [0.15, 0.2) is 36.5 Å². The number of nitro groups is 1. The summed E-state index contributed by atoms with van der Waals surface area (Å²) in [5, 5.41) is 19.4. The fourth-order valence-electron chi connectivity index (χ4n) is 1.57. The first-order valence-electron chi connectivity index (χ1n) is 5.72.